The lowest BCUT2D eigenvalue weighted by atomic mass is 9.95. The van der Waals surface area contributed by atoms with Crippen LogP contribution in [0.15, 0.2) is 29.8 Å². The Bertz CT molecular complexity index is 881. The molecule has 6 atom stereocenters. The quantitative estimate of drug-likeness (QED) is 0.283. The molecule has 32 heavy (non-hydrogen) atoms. The molecule has 10 nitrogen and oxygen atoms in total. The van der Waals surface area contributed by atoms with E-state index in [1.165, 1.54) is 18.2 Å². The molecule has 5 N–H and O–H groups in total. The van der Waals surface area contributed by atoms with Crippen LogP contribution >= 0.6 is 0 Å². The fraction of sp³-hybridized carbons (Fsp3) is 0.545. The number of aromatic hydroxyl groups is 1. The van der Waals surface area contributed by atoms with E-state index in [1.54, 1.807) is 6.08 Å². The van der Waals surface area contributed by atoms with Crippen LogP contribution in [0.4, 0.5) is 0 Å². The molecule has 1 aromatic rings. The summed E-state index contributed by atoms with van der Waals surface area (Å²) in [5.74, 6) is -0.616. The number of carbonyl (C=O) groups is 1. The minimum Gasteiger partial charge on any atom is -0.508 e. The summed E-state index contributed by atoms with van der Waals surface area (Å²) in [6.07, 6.45) is -4.36. The first kappa shape index (κ1) is 24.0. The third-order valence-electron chi connectivity index (χ3n) is 5.49. The van der Waals surface area contributed by atoms with Gasteiger partial charge in [-0.25, -0.2) is 0 Å². The van der Waals surface area contributed by atoms with Gasteiger partial charge in [-0.05, 0) is 25.3 Å². The molecule has 174 valence electrons. The maximum Gasteiger partial charge on any atom is 0.310 e. The minimum absolute atomic E-state index is 0.0302. The smallest absolute Gasteiger partial charge is 0.310 e. The number of rotatable bonds is 7. The molecule has 10 heteroatoms. The van der Waals surface area contributed by atoms with E-state index < -0.39 is 42.8 Å². The van der Waals surface area contributed by atoms with Crippen molar-refractivity contribution in [2.45, 2.75) is 68.9 Å². The number of phenols is 1. The Morgan fingerprint density at radius 3 is 2.66 bits per heavy atom. The number of nitriles is 1. The van der Waals surface area contributed by atoms with Crippen LogP contribution in [0.5, 0.6) is 11.5 Å². The number of esters is 1. The fourth-order valence-corrected chi connectivity index (χ4v) is 3.61. The van der Waals surface area contributed by atoms with Crippen molar-refractivity contribution in [2.24, 2.45) is 0 Å². The van der Waals surface area contributed by atoms with Gasteiger partial charge in [0.2, 0.25) is 6.29 Å². The third-order valence-corrected chi connectivity index (χ3v) is 5.49. The van der Waals surface area contributed by atoms with Gasteiger partial charge in [0, 0.05) is 11.6 Å². The van der Waals surface area contributed by atoms with E-state index in [-0.39, 0.29) is 30.9 Å². The highest BCUT2D eigenvalue weighted by atomic mass is 16.7. The Hall–Kier alpha value is -2.68. The Morgan fingerprint density at radius 1 is 1.19 bits per heavy atom. The second kappa shape index (κ2) is 10.8. The van der Waals surface area contributed by atoms with Crippen LogP contribution in [-0.2, 0) is 20.7 Å². The highest BCUT2D eigenvalue weighted by Gasteiger charge is 2.45. The van der Waals surface area contributed by atoms with Gasteiger partial charge < -0.3 is 39.7 Å². The second-order valence-electron chi connectivity index (χ2n) is 7.91. The van der Waals surface area contributed by atoms with E-state index in [9.17, 15) is 30.3 Å². The molecule has 1 aliphatic heterocycles. The molecule has 2 aliphatic rings. The van der Waals surface area contributed by atoms with Crippen LogP contribution in [-0.4, -0.2) is 74.9 Å². The average molecular weight is 449 g/mol. The highest BCUT2D eigenvalue weighted by Crippen LogP contribution is 2.30. The van der Waals surface area contributed by atoms with Crippen LogP contribution in [0, 0.1) is 11.3 Å². The van der Waals surface area contributed by atoms with E-state index in [1.807, 2.05) is 6.07 Å². The van der Waals surface area contributed by atoms with Crippen LogP contribution in [0.3, 0.4) is 0 Å². The maximum atomic E-state index is 12.2. The van der Waals surface area contributed by atoms with Crippen molar-refractivity contribution in [3.63, 3.8) is 0 Å². The zero-order chi connectivity index (χ0) is 23.3. The summed E-state index contributed by atoms with van der Waals surface area (Å²) in [6.45, 7) is -0.384. The number of benzene rings is 1. The highest BCUT2D eigenvalue weighted by molar-refractivity contribution is 5.72. The lowest BCUT2D eigenvalue weighted by molar-refractivity contribution is -0.278. The molecule has 1 heterocycles. The molecule has 0 aromatic heterocycles. The topological polar surface area (TPSA) is 170 Å². The van der Waals surface area contributed by atoms with Gasteiger partial charge >= 0.3 is 5.97 Å². The average Bonchev–Trinajstić information content (AvgIpc) is 2.77. The van der Waals surface area contributed by atoms with Gasteiger partial charge in [-0.2, -0.15) is 5.26 Å². The van der Waals surface area contributed by atoms with Gasteiger partial charge in [0.05, 0.1) is 25.0 Å². The van der Waals surface area contributed by atoms with Crippen LogP contribution < -0.4 is 4.74 Å². The van der Waals surface area contributed by atoms with Crippen molar-refractivity contribution in [2.75, 3.05) is 6.61 Å². The fourth-order valence-electron chi connectivity index (χ4n) is 3.61. The summed E-state index contributed by atoms with van der Waals surface area (Å²) in [5.41, 5.74) is 1.28. The molecular weight excluding hydrogens is 422 g/mol. The molecular formula is C22H27NO9. The number of ether oxygens (including phenoxy) is 3. The molecule has 1 aromatic carbocycles. The number of nitrogens with zero attached hydrogens (tertiary/aromatic N) is 1. The summed E-state index contributed by atoms with van der Waals surface area (Å²) >= 11 is 0. The summed E-state index contributed by atoms with van der Waals surface area (Å²) < 4.78 is 16.3. The van der Waals surface area contributed by atoms with Gasteiger partial charge in [-0.15, -0.1) is 0 Å². The monoisotopic (exact) mass is 449 g/mol. The van der Waals surface area contributed by atoms with Crippen molar-refractivity contribution in [1.82, 2.24) is 0 Å². The maximum absolute atomic E-state index is 12.2. The van der Waals surface area contributed by atoms with E-state index in [0.717, 1.165) is 5.57 Å². The Morgan fingerprint density at radius 2 is 1.97 bits per heavy atom. The summed E-state index contributed by atoms with van der Waals surface area (Å²) in [4.78, 5) is 12.2. The van der Waals surface area contributed by atoms with Gasteiger partial charge in [-0.1, -0.05) is 17.7 Å². The van der Waals surface area contributed by atoms with Gasteiger partial charge in [0.1, 0.15) is 42.5 Å². The second-order valence-corrected chi connectivity index (χ2v) is 7.91. The summed E-state index contributed by atoms with van der Waals surface area (Å²) in [6, 6.07) is 6.05. The number of hydrogen-bond acceptors (Lipinski definition) is 10. The Kier molecular flexibility index (Phi) is 8.06. The van der Waals surface area contributed by atoms with Crippen molar-refractivity contribution in [3.8, 4) is 17.6 Å². The van der Waals surface area contributed by atoms with Gasteiger partial charge in [-0.3, -0.25) is 4.79 Å². The zero-order valence-electron chi connectivity index (χ0n) is 17.3. The number of phenolic OH excluding ortho intramolecular Hbond substituents is 1. The summed E-state index contributed by atoms with van der Waals surface area (Å²) in [7, 11) is 0. The van der Waals surface area contributed by atoms with E-state index >= 15 is 0 Å². The Labute approximate surface area is 184 Å². The van der Waals surface area contributed by atoms with E-state index in [2.05, 4.69) is 0 Å². The third kappa shape index (κ3) is 5.97. The summed E-state index contributed by atoms with van der Waals surface area (Å²) in [5, 5.41) is 58.9. The van der Waals surface area contributed by atoms with Crippen LogP contribution in [0.2, 0.25) is 0 Å². The molecule has 0 bridgehead atoms. The van der Waals surface area contributed by atoms with E-state index in [4.69, 9.17) is 19.5 Å². The molecule has 1 saturated heterocycles. The molecule has 0 amide bonds. The SMILES string of the molecule is N#CCc1ccc(O)cc1O[C@@H]1O[C@H](COC(=O)CC2=CCC(O)CC2)[C@@H](O)[C@H](O)[C@H]1O. The zero-order valence-corrected chi connectivity index (χ0v) is 17.3. The molecule has 1 aliphatic carbocycles. The number of aliphatic hydroxyl groups is 4. The first-order valence-corrected chi connectivity index (χ1v) is 10.3. The largest absolute Gasteiger partial charge is 0.508 e. The van der Waals surface area contributed by atoms with Gasteiger partial charge in [0.25, 0.3) is 0 Å². The molecule has 0 spiro atoms. The molecule has 1 fully saturated rings. The number of aliphatic hydroxyl groups excluding tert-OH is 4. The predicted molar refractivity (Wildman–Crippen MR) is 108 cm³/mol. The van der Waals surface area contributed by atoms with E-state index in [0.29, 0.717) is 24.8 Å². The molecule has 0 saturated carbocycles. The normalized spacial score (nSPS) is 30.2. The number of carbonyl (C=O) groups excluding carboxylic acids is 1. The molecule has 1 unspecified atom stereocenters. The Balaban J connectivity index is 1.62. The molecule has 3 rings (SSSR count). The number of hydrogen-bond donors (Lipinski definition) is 5. The minimum atomic E-state index is -1.64. The lowest BCUT2D eigenvalue weighted by Gasteiger charge is -2.40. The van der Waals surface area contributed by atoms with Crippen LogP contribution in [0.25, 0.3) is 0 Å². The predicted octanol–water partition coefficient (Wildman–Crippen LogP) is 0.0492. The molecule has 0 radical (unpaired) electrons. The standard InChI is InChI=1S/C22H27NO9/c23-8-7-13-3-6-15(25)10-16(13)31-22-21(29)20(28)19(27)17(32-22)11-30-18(26)9-12-1-4-14(24)5-2-12/h1,3,6,10,14,17,19-22,24-25,27-29H,2,4-5,7,9,11H2/t14?,17-,19-,20+,21-,22-/m1/s1. The van der Waals surface area contributed by atoms with Crippen molar-refractivity contribution < 1.29 is 44.5 Å². The lowest BCUT2D eigenvalue weighted by Crippen LogP contribution is -2.60. The van der Waals surface area contributed by atoms with Gasteiger partial charge in [0.15, 0.2) is 0 Å². The van der Waals surface area contributed by atoms with Crippen molar-refractivity contribution in [3.05, 3.63) is 35.4 Å². The van der Waals surface area contributed by atoms with Crippen molar-refractivity contribution >= 4 is 5.97 Å². The van der Waals surface area contributed by atoms with Crippen LogP contribution in [0.1, 0.15) is 31.2 Å². The first-order valence-electron chi connectivity index (χ1n) is 10.3. The first-order chi connectivity index (χ1) is 15.3. The van der Waals surface area contributed by atoms with Crippen molar-refractivity contribution in [1.29, 1.82) is 5.26 Å².